The molecule has 5 heteroatoms. The van der Waals surface area contributed by atoms with Gasteiger partial charge in [-0.1, -0.05) is 13.8 Å². The molecule has 0 bridgehead atoms. The van der Waals surface area contributed by atoms with Crippen LogP contribution in [0.2, 0.25) is 0 Å². The largest absolute Gasteiger partial charge is 0.384 e. The van der Waals surface area contributed by atoms with Gasteiger partial charge in [0.05, 0.1) is 4.90 Å². The van der Waals surface area contributed by atoms with Crippen LogP contribution in [-0.4, -0.2) is 31.9 Å². The van der Waals surface area contributed by atoms with Gasteiger partial charge in [-0.15, -0.1) is 0 Å². The Balaban J connectivity index is 1.96. The summed E-state index contributed by atoms with van der Waals surface area (Å²) in [5, 5.41) is 3.27. The van der Waals surface area contributed by atoms with Gasteiger partial charge in [-0.2, -0.15) is 4.31 Å². The molecule has 0 aromatic heterocycles. The molecule has 3 atom stereocenters. The molecule has 0 spiro atoms. The van der Waals surface area contributed by atoms with Gasteiger partial charge in [-0.3, -0.25) is 0 Å². The molecule has 3 rings (SSSR count). The van der Waals surface area contributed by atoms with E-state index in [2.05, 4.69) is 19.2 Å². The Hall–Kier alpha value is -1.07. The minimum Gasteiger partial charge on any atom is -0.384 e. The summed E-state index contributed by atoms with van der Waals surface area (Å²) in [6.07, 6.45) is 2.00. The number of nitrogens with one attached hydrogen (secondary N) is 1. The van der Waals surface area contributed by atoms with Crippen LogP contribution in [-0.2, 0) is 16.4 Å². The fourth-order valence-electron chi connectivity index (χ4n) is 3.56. The van der Waals surface area contributed by atoms with Crippen LogP contribution in [0.3, 0.4) is 0 Å². The summed E-state index contributed by atoms with van der Waals surface area (Å²) < 4.78 is 27.7. The average molecular weight is 308 g/mol. The fraction of sp³-hybridized carbons (Fsp3) is 0.625. The molecule has 21 heavy (non-hydrogen) atoms. The Morgan fingerprint density at radius 2 is 2.00 bits per heavy atom. The Kier molecular flexibility index (Phi) is 3.74. The van der Waals surface area contributed by atoms with Crippen LogP contribution >= 0.6 is 0 Å². The average Bonchev–Trinajstić information content (AvgIpc) is 2.89. The summed E-state index contributed by atoms with van der Waals surface area (Å²) in [5.41, 5.74) is 2.18. The van der Waals surface area contributed by atoms with Gasteiger partial charge in [0.2, 0.25) is 10.0 Å². The lowest BCUT2D eigenvalue weighted by Gasteiger charge is -2.40. The van der Waals surface area contributed by atoms with Crippen molar-refractivity contribution in [1.82, 2.24) is 4.31 Å². The molecule has 0 radical (unpaired) electrons. The predicted molar refractivity (Wildman–Crippen MR) is 84.9 cm³/mol. The molecular weight excluding hydrogens is 284 g/mol. The minimum absolute atomic E-state index is 0.0672. The standard InChI is InChI=1S/C16H24N2O2S/c1-11-8-12(2)13(3)18(10-11)21(19,20)15-4-5-16-14(9-15)6-7-17-16/h4-5,9,11-13,17H,6-8,10H2,1-3H3. The molecule has 3 unspecified atom stereocenters. The molecule has 1 aromatic carbocycles. The molecule has 1 saturated heterocycles. The fourth-order valence-corrected chi connectivity index (χ4v) is 5.46. The van der Waals surface area contributed by atoms with Gasteiger partial charge >= 0.3 is 0 Å². The summed E-state index contributed by atoms with van der Waals surface area (Å²) in [4.78, 5) is 0.443. The van der Waals surface area contributed by atoms with E-state index in [1.807, 2.05) is 19.1 Å². The Morgan fingerprint density at radius 3 is 2.76 bits per heavy atom. The van der Waals surface area contributed by atoms with Crippen molar-refractivity contribution in [1.29, 1.82) is 0 Å². The lowest BCUT2D eigenvalue weighted by atomic mass is 9.88. The highest BCUT2D eigenvalue weighted by atomic mass is 32.2. The van der Waals surface area contributed by atoms with Crippen LogP contribution in [0.1, 0.15) is 32.8 Å². The number of piperidine rings is 1. The molecule has 1 aromatic rings. The van der Waals surface area contributed by atoms with E-state index in [1.165, 1.54) is 0 Å². The summed E-state index contributed by atoms with van der Waals surface area (Å²) >= 11 is 0. The van der Waals surface area contributed by atoms with Crippen LogP contribution in [0.25, 0.3) is 0 Å². The maximum absolute atomic E-state index is 13.0. The Labute approximate surface area is 127 Å². The lowest BCUT2D eigenvalue weighted by molar-refractivity contribution is 0.157. The second kappa shape index (κ2) is 5.29. The molecule has 2 aliphatic heterocycles. The van der Waals surface area contributed by atoms with Crippen molar-refractivity contribution in [3.63, 3.8) is 0 Å². The van der Waals surface area contributed by atoms with Crippen molar-refractivity contribution < 1.29 is 8.42 Å². The Morgan fingerprint density at radius 1 is 1.24 bits per heavy atom. The highest BCUT2D eigenvalue weighted by Gasteiger charge is 2.37. The SMILES string of the molecule is CC1CC(C)C(C)N(S(=O)(=O)c2ccc3c(c2)CCN3)C1. The first-order valence-corrected chi connectivity index (χ1v) is 9.22. The molecule has 0 aliphatic carbocycles. The number of anilines is 1. The molecule has 116 valence electrons. The number of hydrogen-bond donors (Lipinski definition) is 1. The van der Waals surface area contributed by atoms with Crippen molar-refractivity contribution in [2.75, 3.05) is 18.4 Å². The number of sulfonamides is 1. The van der Waals surface area contributed by atoms with E-state index >= 15 is 0 Å². The molecule has 4 nitrogen and oxygen atoms in total. The van der Waals surface area contributed by atoms with E-state index in [0.29, 0.717) is 23.3 Å². The number of benzene rings is 1. The number of nitrogens with zero attached hydrogens (tertiary/aromatic N) is 1. The zero-order valence-corrected chi connectivity index (χ0v) is 13.8. The van der Waals surface area contributed by atoms with Crippen LogP contribution < -0.4 is 5.32 Å². The molecule has 1 N–H and O–H groups in total. The van der Waals surface area contributed by atoms with Crippen molar-refractivity contribution in [2.24, 2.45) is 11.8 Å². The summed E-state index contributed by atoms with van der Waals surface area (Å²) in [6, 6.07) is 5.55. The van der Waals surface area contributed by atoms with Gasteiger partial charge < -0.3 is 5.32 Å². The van der Waals surface area contributed by atoms with Crippen LogP contribution in [0.5, 0.6) is 0 Å². The quantitative estimate of drug-likeness (QED) is 0.914. The molecule has 0 amide bonds. The maximum Gasteiger partial charge on any atom is 0.243 e. The van der Waals surface area contributed by atoms with E-state index in [1.54, 1.807) is 10.4 Å². The number of fused-ring (bicyclic) bond motifs is 1. The van der Waals surface area contributed by atoms with Gasteiger partial charge in [0.1, 0.15) is 0 Å². The third-order valence-corrected chi connectivity index (χ3v) is 6.89. The molecular formula is C16H24N2O2S. The van der Waals surface area contributed by atoms with Crippen LogP contribution in [0, 0.1) is 11.8 Å². The molecule has 2 heterocycles. The predicted octanol–water partition coefficient (Wildman–Crippen LogP) is 2.71. The third-order valence-electron chi connectivity index (χ3n) is 4.94. The second-order valence-electron chi connectivity index (χ2n) is 6.63. The summed E-state index contributed by atoms with van der Waals surface area (Å²) in [7, 11) is -3.39. The number of rotatable bonds is 2. The van der Waals surface area contributed by atoms with Crippen LogP contribution in [0.4, 0.5) is 5.69 Å². The smallest absolute Gasteiger partial charge is 0.243 e. The summed E-state index contributed by atoms with van der Waals surface area (Å²) in [6.45, 7) is 7.84. The maximum atomic E-state index is 13.0. The first-order valence-electron chi connectivity index (χ1n) is 7.78. The van der Waals surface area contributed by atoms with E-state index < -0.39 is 10.0 Å². The zero-order valence-electron chi connectivity index (χ0n) is 13.0. The lowest BCUT2D eigenvalue weighted by Crippen LogP contribution is -2.48. The van der Waals surface area contributed by atoms with Gasteiger partial charge in [-0.05, 0) is 55.4 Å². The monoisotopic (exact) mass is 308 g/mol. The van der Waals surface area contributed by atoms with Gasteiger partial charge in [0.15, 0.2) is 0 Å². The van der Waals surface area contributed by atoms with Crippen molar-refractivity contribution in [3.05, 3.63) is 23.8 Å². The topological polar surface area (TPSA) is 49.4 Å². The zero-order chi connectivity index (χ0) is 15.2. The van der Waals surface area contributed by atoms with Crippen molar-refractivity contribution in [2.45, 2.75) is 44.6 Å². The number of hydrogen-bond acceptors (Lipinski definition) is 3. The molecule has 1 fully saturated rings. The highest BCUT2D eigenvalue weighted by molar-refractivity contribution is 7.89. The summed E-state index contributed by atoms with van der Waals surface area (Å²) in [5.74, 6) is 0.821. The van der Waals surface area contributed by atoms with E-state index in [4.69, 9.17) is 0 Å². The highest BCUT2D eigenvalue weighted by Crippen LogP contribution is 2.33. The second-order valence-corrected chi connectivity index (χ2v) is 8.52. The normalized spacial score (nSPS) is 30.0. The molecule has 2 aliphatic rings. The van der Waals surface area contributed by atoms with Gasteiger partial charge in [-0.25, -0.2) is 8.42 Å². The van der Waals surface area contributed by atoms with Gasteiger partial charge in [0, 0.05) is 24.8 Å². The van der Waals surface area contributed by atoms with E-state index in [-0.39, 0.29) is 6.04 Å². The first-order chi connectivity index (χ1) is 9.89. The molecule has 0 saturated carbocycles. The van der Waals surface area contributed by atoms with Crippen molar-refractivity contribution in [3.8, 4) is 0 Å². The third kappa shape index (κ3) is 2.57. The Bertz CT molecular complexity index is 642. The van der Waals surface area contributed by atoms with Crippen molar-refractivity contribution >= 4 is 15.7 Å². The first kappa shape index (κ1) is 14.9. The van der Waals surface area contributed by atoms with E-state index in [9.17, 15) is 8.42 Å². The minimum atomic E-state index is -3.39. The van der Waals surface area contributed by atoms with Gasteiger partial charge in [0.25, 0.3) is 0 Å². The van der Waals surface area contributed by atoms with E-state index in [0.717, 1.165) is 30.6 Å². The van der Waals surface area contributed by atoms with Crippen LogP contribution in [0.15, 0.2) is 23.1 Å².